The molecule has 3 nitrogen and oxygen atoms in total. The molecule has 1 aromatic rings. The Balaban J connectivity index is 2.19. The van der Waals surface area contributed by atoms with Crippen LogP contribution in [0.4, 0.5) is 4.39 Å². The molecule has 0 aromatic heterocycles. The van der Waals surface area contributed by atoms with Crippen molar-refractivity contribution < 1.29 is 14.3 Å². The summed E-state index contributed by atoms with van der Waals surface area (Å²) in [5.74, 6) is -1.24. The monoisotopic (exact) mass is 271 g/mol. The summed E-state index contributed by atoms with van der Waals surface area (Å²) in [6.07, 6.45) is 3.35. The summed E-state index contributed by atoms with van der Waals surface area (Å²) in [7, 11) is 0. The van der Waals surface area contributed by atoms with Gasteiger partial charge in [-0.3, -0.25) is 4.79 Å². The fourth-order valence-electron chi connectivity index (χ4n) is 2.36. The van der Waals surface area contributed by atoms with Gasteiger partial charge in [-0.2, -0.15) is 0 Å². The first-order chi connectivity index (χ1) is 8.58. The third kappa shape index (κ3) is 2.49. The van der Waals surface area contributed by atoms with E-state index in [9.17, 15) is 14.3 Å². The second-order valence-electron chi connectivity index (χ2n) is 4.70. The van der Waals surface area contributed by atoms with Gasteiger partial charge in [-0.15, -0.1) is 0 Å². The van der Waals surface area contributed by atoms with Gasteiger partial charge in [0.1, 0.15) is 0 Å². The lowest BCUT2D eigenvalue weighted by Crippen LogP contribution is -2.49. The van der Waals surface area contributed by atoms with Gasteiger partial charge in [-0.1, -0.05) is 30.5 Å². The largest absolute Gasteiger partial charge is 0.394 e. The zero-order valence-electron chi connectivity index (χ0n) is 9.88. The van der Waals surface area contributed by atoms with Crippen LogP contribution < -0.4 is 5.32 Å². The van der Waals surface area contributed by atoms with Crippen molar-refractivity contribution in [2.45, 2.75) is 31.2 Å². The molecule has 0 spiro atoms. The van der Waals surface area contributed by atoms with Crippen molar-refractivity contribution >= 4 is 17.5 Å². The summed E-state index contributed by atoms with van der Waals surface area (Å²) >= 11 is 5.64. The number of hydrogen-bond donors (Lipinski definition) is 2. The first-order valence-electron chi connectivity index (χ1n) is 5.95. The normalized spacial score (nSPS) is 17.7. The van der Waals surface area contributed by atoms with Gasteiger partial charge in [-0.25, -0.2) is 4.39 Å². The van der Waals surface area contributed by atoms with E-state index in [2.05, 4.69) is 5.32 Å². The molecule has 0 radical (unpaired) electrons. The number of rotatable bonds is 3. The van der Waals surface area contributed by atoms with Gasteiger partial charge >= 0.3 is 0 Å². The van der Waals surface area contributed by atoms with E-state index < -0.39 is 17.3 Å². The molecule has 0 saturated heterocycles. The van der Waals surface area contributed by atoms with Gasteiger partial charge in [0.2, 0.25) is 0 Å². The average Bonchev–Trinajstić information content (AvgIpc) is 2.81. The minimum atomic E-state index is -0.720. The molecule has 1 saturated carbocycles. The van der Waals surface area contributed by atoms with E-state index >= 15 is 0 Å². The Morgan fingerprint density at radius 1 is 1.44 bits per heavy atom. The number of hydrogen-bond acceptors (Lipinski definition) is 2. The molecule has 0 aliphatic heterocycles. The zero-order valence-corrected chi connectivity index (χ0v) is 10.6. The second kappa shape index (κ2) is 5.24. The lowest BCUT2D eigenvalue weighted by Gasteiger charge is -2.28. The quantitative estimate of drug-likeness (QED) is 0.887. The summed E-state index contributed by atoms with van der Waals surface area (Å²) in [6.45, 7) is -0.124. The van der Waals surface area contributed by atoms with Crippen molar-refractivity contribution in [3.05, 3.63) is 34.6 Å². The molecule has 0 bridgehead atoms. The Labute approximate surface area is 110 Å². The van der Waals surface area contributed by atoms with Gasteiger partial charge in [0.05, 0.1) is 22.7 Å². The number of aliphatic hydroxyl groups excluding tert-OH is 1. The van der Waals surface area contributed by atoms with Crippen LogP contribution in [0, 0.1) is 5.82 Å². The van der Waals surface area contributed by atoms with Crippen LogP contribution in [0.25, 0.3) is 0 Å². The number of aliphatic hydroxyl groups is 1. The van der Waals surface area contributed by atoms with E-state index in [1.165, 1.54) is 18.2 Å². The van der Waals surface area contributed by atoms with Crippen molar-refractivity contribution in [3.8, 4) is 0 Å². The maximum Gasteiger partial charge on any atom is 0.254 e. The molecular formula is C13H15ClFNO2. The van der Waals surface area contributed by atoms with Gasteiger partial charge in [0.15, 0.2) is 5.82 Å². The molecule has 0 heterocycles. The zero-order chi connectivity index (χ0) is 13.2. The maximum atomic E-state index is 13.7. The maximum absolute atomic E-state index is 13.7. The third-order valence-corrected chi connectivity index (χ3v) is 3.73. The SMILES string of the molecule is O=C(NC1(CO)CCCC1)c1cccc(Cl)c1F. The van der Waals surface area contributed by atoms with Gasteiger partial charge in [0.25, 0.3) is 5.91 Å². The van der Waals surface area contributed by atoms with E-state index in [1.807, 2.05) is 0 Å². The van der Waals surface area contributed by atoms with Gasteiger partial charge < -0.3 is 10.4 Å². The van der Waals surface area contributed by atoms with Crippen LogP contribution in [0.3, 0.4) is 0 Å². The Kier molecular flexibility index (Phi) is 3.88. The highest BCUT2D eigenvalue weighted by Gasteiger charge is 2.35. The standard InChI is InChI=1S/C13H15ClFNO2/c14-10-5-3-4-9(11(10)15)12(18)16-13(8-17)6-1-2-7-13/h3-5,17H,1-2,6-8H2,(H,16,18). The molecule has 2 rings (SSSR count). The fraction of sp³-hybridized carbons (Fsp3) is 0.462. The first-order valence-corrected chi connectivity index (χ1v) is 6.33. The number of nitrogens with one attached hydrogen (secondary N) is 1. The Hall–Kier alpha value is -1.13. The number of carbonyl (C=O) groups excluding carboxylic acids is 1. The Morgan fingerprint density at radius 2 is 2.11 bits per heavy atom. The second-order valence-corrected chi connectivity index (χ2v) is 5.11. The number of benzene rings is 1. The van der Waals surface area contributed by atoms with Crippen molar-refractivity contribution in [1.82, 2.24) is 5.32 Å². The molecule has 0 unspecified atom stereocenters. The number of halogens is 2. The predicted octanol–water partition coefficient (Wildman–Crippen LogP) is 2.51. The van der Waals surface area contributed by atoms with Crippen molar-refractivity contribution in [3.63, 3.8) is 0 Å². The van der Waals surface area contributed by atoms with E-state index in [-0.39, 0.29) is 17.2 Å². The van der Waals surface area contributed by atoms with Crippen molar-refractivity contribution in [2.24, 2.45) is 0 Å². The van der Waals surface area contributed by atoms with Crippen LogP contribution in [-0.2, 0) is 0 Å². The van der Waals surface area contributed by atoms with E-state index in [0.29, 0.717) is 0 Å². The average molecular weight is 272 g/mol. The highest BCUT2D eigenvalue weighted by molar-refractivity contribution is 6.31. The summed E-state index contributed by atoms with van der Waals surface area (Å²) in [6, 6.07) is 4.31. The molecule has 1 aliphatic carbocycles. The van der Waals surface area contributed by atoms with E-state index in [1.54, 1.807) is 0 Å². The minimum absolute atomic E-state index is 0.0767. The van der Waals surface area contributed by atoms with Crippen LogP contribution >= 0.6 is 11.6 Å². The minimum Gasteiger partial charge on any atom is -0.394 e. The predicted molar refractivity (Wildman–Crippen MR) is 67.2 cm³/mol. The molecular weight excluding hydrogens is 257 g/mol. The molecule has 1 aliphatic rings. The molecule has 1 aromatic carbocycles. The highest BCUT2D eigenvalue weighted by atomic mass is 35.5. The third-order valence-electron chi connectivity index (χ3n) is 3.44. The highest BCUT2D eigenvalue weighted by Crippen LogP contribution is 2.29. The molecule has 2 N–H and O–H groups in total. The molecule has 18 heavy (non-hydrogen) atoms. The van der Waals surface area contributed by atoms with E-state index in [4.69, 9.17) is 11.6 Å². The first kappa shape index (κ1) is 13.3. The van der Waals surface area contributed by atoms with Gasteiger partial charge in [0, 0.05) is 0 Å². The number of carbonyl (C=O) groups is 1. The molecule has 0 atom stereocenters. The molecule has 98 valence electrons. The van der Waals surface area contributed by atoms with Crippen LogP contribution in [0.15, 0.2) is 18.2 Å². The number of amides is 1. The van der Waals surface area contributed by atoms with Crippen LogP contribution in [-0.4, -0.2) is 23.2 Å². The summed E-state index contributed by atoms with van der Waals surface area (Å²) in [4.78, 5) is 12.0. The van der Waals surface area contributed by atoms with Crippen molar-refractivity contribution in [1.29, 1.82) is 0 Å². The topological polar surface area (TPSA) is 49.3 Å². The Bertz CT molecular complexity index is 458. The van der Waals surface area contributed by atoms with Crippen molar-refractivity contribution in [2.75, 3.05) is 6.61 Å². The Morgan fingerprint density at radius 3 is 2.72 bits per heavy atom. The molecule has 1 amide bonds. The van der Waals surface area contributed by atoms with Crippen LogP contribution in [0.1, 0.15) is 36.0 Å². The lowest BCUT2D eigenvalue weighted by atomic mass is 9.98. The van der Waals surface area contributed by atoms with E-state index in [0.717, 1.165) is 25.7 Å². The van der Waals surface area contributed by atoms with Crippen LogP contribution in [0.5, 0.6) is 0 Å². The fourth-order valence-corrected chi connectivity index (χ4v) is 2.54. The summed E-state index contributed by atoms with van der Waals surface area (Å²) in [5, 5.41) is 12.1. The lowest BCUT2D eigenvalue weighted by molar-refractivity contribution is 0.0834. The molecule has 5 heteroatoms. The molecule has 1 fully saturated rings. The smallest absolute Gasteiger partial charge is 0.254 e. The van der Waals surface area contributed by atoms with Crippen LogP contribution in [0.2, 0.25) is 5.02 Å². The van der Waals surface area contributed by atoms with Gasteiger partial charge in [-0.05, 0) is 25.0 Å². The summed E-state index contributed by atoms with van der Waals surface area (Å²) < 4.78 is 13.7. The summed E-state index contributed by atoms with van der Waals surface area (Å²) in [5.41, 5.74) is -0.687.